The molecule has 1 fully saturated rings. The number of nitrogens with one attached hydrogen (secondary N) is 1. The number of aliphatic hydroxyl groups is 4. The third-order valence-corrected chi connectivity index (χ3v) is 3.55. The number of hydrogen-bond donors (Lipinski definition) is 5. The van der Waals surface area contributed by atoms with Crippen molar-refractivity contribution in [1.29, 1.82) is 0 Å². The van der Waals surface area contributed by atoms with Crippen LogP contribution in [-0.2, 0) is 4.74 Å². The topological polar surface area (TPSA) is 146 Å². The first-order chi connectivity index (χ1) is 10.7. The summed E-state index contributed by atoms with van der Waals surface area (Å²) in [5.74, 6) is 0.449. The molecule has 1 aliphatic heterocycles. The largest absolute Gasteiger partial charge is 0.395 e. The minimum atomic E-state index is -1.21. The molecule has 2 aromatic heterocycles. The standard InChI is InChI=1S/C12H17N5O5/c18-2-1-13-10-7-11(15-4-14-10)17(5-16-7)12-9(21)8(20)6(3-19)22-12/h4-6,8-9,12,18-21H,1-3H2,(H,13,14,15)/t6-,8-,9+,12-/m1/s1. The Labute approximate surface area is 125 Å². The average Bonchev–Trinajstić information content (AvgIpc) is 3.08. The van der Waals surface area contributed by atoms with Crippen LogP contribution in [-0.4, -0.2) is 78.0 Å². The van der Waals surface area contributed by atoms with Crippen LogP contribution in [0.1, 0.15) is 6.23 Å². The first-order valence-electron chi connectivity index (χ1n) is 6.82. The fraction of sp³-hybridized carbons (Fsp3) is 0.583. The third kappa shape index (κ3) is 2.40. The quantitative estimate of drug-likeness (QED) is 0.417. The molecule has 10 nitrogen and oxygen atoms in total. The van der Waals surface area contributed by atoms with Crippen molar-refractivity contribution >= 4 is 17.0 Å². The molecule has 5 N–H and O–H groups in total. The number of hydrogen-bond acceptors (Lipinski definition) is 9. The number of ether oxygens (including phenoxy) is 1. The zero-order valence-corrected chi connectivity index (χ0v) is 11.6. The lowest BCUT2D eigenvalue weighted by Gasteiger charge is -2.16. The number of aromatic nitrogens is 4. The molecule has 0 aromatic carbocycles. The minimum Gasteiger partial charge on any atom is -0.395 e. The number of aliphatic hydroxyl groups excluding tert-OH is 4. The Morgan fingerprint density at radius 2 is 2.00 bits per heavy atom. The van der Waals surface area contributed by atoms with E-state index in [-0.39, 0.29) is 6.61 Å². The average molecular weight is 311 g/mol. The van der Waals surface area contributed by atoms with Gasteiger partial charge in [0.05, 0.1) is 19.5 Å². The van der Waals surface area contributed by atoms with Gasteiger partial charge in [-0.3, -0.25) is 4.57 Å². The van der Waals surface area contributed by atoms with Crippen molar-refractivity contribution in [2.75, 3.05) is 25.1 Å². The van der Waals surface area contributed by atoms with Crippen LogP contribution in [0.5, 0.6) is 0 Å². The zero-order valence-electron chi connectivity index (χ0n) is 11.6. The Kier molecular flexibility index (Phi) is 4.18. The van der Waals surface area contributed by atoms with E-state index < -0.39 is 31.1 Å². The second-order valence-corrected chi connectivity index (χ2v) is 4.93. The van der Waals surface area contributed by atoms with Crippen LogP contribution in [0.3, 0.4) is 0 Å². The predicted octanol–water partition coefficient (Wildman–Crippen LogP) is -2.16. The molecule has 2 aromatic rings. The highest BCUT2D eigenvalue weighted by atomic mass is 16.6. The Hall–Kier alpha value is -1.85. The van der Waals surface area contributed by atoms with Gasteiger partial charge >= 0.3 is 0 Å². The van der Waals surface area contributed by atoms with Crippen molar-refractivity contribution in [3.05, 3.63) is 12.7 Å². The number of fused-ring (bicyclic) bond motifs is 1. The van der Waals surface area contributed by atoms with E-state index in [0.717, 1.165) is 0 Å². The number of anilines is 1. The van der Waals surface area contributed by atoms with Crippen LogP contribution in [0.15, 0.2) is 12.7 Å². The van der Waals surface area contributed by atoms with E-state index in [1.54, 1.807) is 0 Å². The van der Waals surface area contributed by atoms with Gasteiger partial charge in [-0.05, 0) is 0 Å². The molecule has 0 radical (unpaired) electrons. The van der Waals surface area contributed by atoms with E-state index in [1.165, 1.54) is 17.2 Å². The summed E-state index contributed by atoms with van der Waals surface area (Å²) in [5, 5.41) is 40.8. The van der Waals surface area contributed by atoms with Crippen LogP contribution < -0.4 is 5.32 Å². The van der Waals surface area contributed by atoms with Crippen LogP contribution in [0.25, 0.3) is 11.2 Å². The van der Waals surface area contributed by atoms with E-state index in [2.05, 4.69) is 20.3 Å². The number of imidazole rings is 1. The first-order valence-corrected chi connectivity index (χ1v) is 6.82. The molecule has 0 aliphatic carbocycles. The monoisotopic (exact) mass is 311 g/mol. The molecule has 0 bridgehead atoms. The van der Waals surface area contributed by atoms with Crippen molar-refractivity contribution in [2.45, 2.75) is 24.5 Å². The van der Waals surface area contributed by atoms with Crippen molar-refractivity contribution in [2.24, 2.45) is 0 Å². The zero-order chi connectivity index (χ0) is 15.7. The highest BCUT2D eigenvalue weighted by Gasteiger charge is 2.43. The van der Waals surface area contributed by atoms with E-state index in [0.29, 0.717) is 23.5 Å². The number of rotatable bonds is 5. The molecule has 3 rings (SSSR count). The summed E-state index contributed by atoms with van der Waals surface area (Å²) in [4.78, 5) is 12.3. The molecule has 0 amide bonds. The van der Waals surface area contributed by atoms with Gasteiger partial charge in [-0.1, -0.05) is 0 Å². The van der Waals surface area contributed by atoms with E-state index in [4.69, 9.17) is 14.9 Å². The second-order valence-electron chi connectivity index (χ2n) is 4.93. The van der Waals surface area contributed by atoms with Gasteiger partial charge in [0.25, 0.3) is 0 Å². The first kappa shape index (κ1) is 15.1. The lowest BCUT2D eigenvalue weighted by molar-refractivity contribution is -0.0511. The summed E-state index contributed by atoms with van der Waals surface area (Å²) < 4.78 is 6.94. The van der Waals surface area contributed by atoms with Gasteiger partial charge in [-0.2, -0.15) is 0 Å². The maximum atomic E-state index is 10.1. The lowest BCUT2D eigenvalue weighted by atomic mass is 10.1. The molecule has 0 saturated carbocycles. The fourth-order valence-corrected chi connectivity index (χ4v) is 2.45. The maximum absolute atomic E-state index is 10.1. The van der Waals surface area contributed by atoms with Crippen LogP contribution in [0.4, 0.5) is 5.82 Å². The smallest absolute Gasteiger partial charge is 0.167 e. The second kappa shape index (κ2) is 6.10. The van der Waals surface area contributed by atoms with Gasteiger partial charge in [0.1, 0.15) is 24.6 Å². The molecular formula is C12H17N5O5. The summed E-state index contributed by atoms with van der Waals surface area (Å²) >= 11 is 0. The lowest BCUT2D eigenvalue weighted by Crippen LogP contribution is -2.33. The normalized spacial score (nSPS) is 28.4. The van der Waals surface area contributed by atoms with E-state index in [9.17, 15) is 10.2 Å². The third-order valence-electron chi connectivity index (χ3n) is 3.55. The molecule has 1 aliphatic rings. The summed E-state index contributed by atoms with van der Waals surface area (Å²) in [6, 6.07) is 0. The molecule has 1 saturated heterocycles. The van der Waals surface area contributed by atoms with Gasteiger partial charge in [0.2, 0.25) is 0 Å². The molecule has 4 atom stereocenters. The molecule has 120 valence electrons. The van der Waals surface area contributed by atoms with Gasteiger partial charge in [-0.15, -0.1) is 0 Å². The van der Waals surface area contributed by atoms with Crippen molar-refractivity contribution in [1.82, 2.24) is 19.5 Å². The summed E-state index contributed by atoms with van der Waals surface area (Å²) in [5.41, 5.74) is 0.860. The molecule has 0 spiro atoms. The molecule has 22 heavy (non-hydrogen) atoms. The maximum Gasteiger partial charge on any atom is 0.167 e. The Bertz CT molecular complexity index is 650. The van der Waals surface area contributed by atoms with Gasteiger partial charge in [0, 0.05) is 6.54 Å². The Balaban J connectivity index is 1.95. The minimum absolute atomic E-state index is 0.0545. The van der Waals surface area contributed by atoms with E-state index >= 15 is 0 Å². The summed E-state index contributed by atoms with van der Waals surface area (Å²) in [6.07, 6.45) is -1.44. The fourth-order valence-electron chi connectivity index (χ4n) is 2.45. The van der Waals surface area contributed by atoms with Gasteiger partial charge < -0.3 is 30.5 Å². The summed E-state index contributed by atoms with van der Waals surface area (Å²) in [7, 11) is 0. The van der Waals surface area contributed by atoms with Gasteiger partial charge in [0.15, 0.2) is 23.2 Å². The molecule has 3 heterocycles. The number of nitrogens with zero attached hydrogens (tertiary/aromatic N) is 4. The van der Waals surface area contributed by atoms with Crippen LogP contribution in [0, 0.1) is 0 Å². The predicted molar refractivity (Wildman–Crippen MR) is 73.9 cm³/mol. The van der Waals surface area contributed by atoms with Crippen molar-refractivity contribution < 1.29 is 25.2 Å². The highest BCUT2D eigenvalue weighted by Crippen LogP contribution is 2.31. The molecule has 10 heteroatoms. The Morgan fingerprint density at radius 3 is 2.68 bits per heavy atom. The van der Waals surface area contributed by atoms with Crippen molar-refractivity contribution in [3.8, 4) is 0 Å². The Morgan fingerprint density at radius 1 is 1.18 bits per heavy atom. The molecular weight excluding hydrogens is 294 g/mol. The van der Waals surface area contributed by atoms with E-state index in [1.807, 2.05) is 0 Å². The van der Waals surface area contributed by atoms with Crippen LogP contribution in [0.2, 0.25) is 0 Å². The summed E-state index contributed by atoms with van der Waals surface area (Å²) in [6.45, 7) is -0.145. The van der Waals surface area contributed by atoms with Gasteiger partial charge in [-0.25, -0.2) is 15.0 Å². The van der Waals surface area contributed by atoms with Crippen LogP contribution >= 0.6 is 0 Å². The SMILES string of the molecule is OCCNc1ncnc2c1ncn2[C@@H]1O[C@H](CO)[C@@H](O)[C@@H]1O. The highest BCUT2D eigenvalue weighted by molar-refractivity contribution is 5.82. The molecule has 0 unspecified atom stereocenters. The van der Waals surface area contributed by atoms with Crippen molar-refractivity contribution in [3.63, 3.8) is 0 Å².